The molecule has 0 radical (unpaired) electrons. The van der Waals surface area contributed by atoms with Gasteiger partial charge in [-0.15, -0.1) is 0 Å². The van der Waals surface area contributed by atoms with Crippen LogP contribution in [0.15, 0.2) is 29.4 Å². The van der Waals surface area contributed by atoms with Gasteiger partial charge in [-0.05, 0) is 67.2 Å². The van der Waals surface area contributed by atoms with Crippen molar-refractivity contribution >= 4 is 23.5 Å². The van der Waals surface area contributed by atoms with E-state index in [-0.39, 0.29) is 6.10 Å². The Labute approximate surface area is 149 Å². The average molecular weight is 350 g/mol. The van der Waals surface area contributed by atoms with E-state index in [9.17, 15) is 0 Å². The van der Waals surface area contributed by atoms with Crippen LogP contribution in [0.5, 0.6) is 5.75 Å². The van der Waals surface area contributed by atoms with E-state index in [1.807, 2.05) is 24.3 Å². The van der Waals surface area contributed by atoms with Crippen LogP contribution in [0, 0.1) is 5.92 Å². The van der Waals surface area contributed by atoms with E-state index in [4.69, 9.17) is 21.7 Å². The van der Waals surface area contributed by atoms with Gasteiger partial charge in [0.1, 0.15) is 5.75 Å². The summed E-state index contributed by atoms with van der Waals surface area (Å²) in [7, 11) is 0. The fourth-order valence-corrected chi connectivity index (χ4v) is 2.42. The quantitative estimate of drug-likeness (QED) is 0.429. The molecule has 24 heavy (non-hydrogen) atoms. The van der Waals surface area contributed by atoms with Crippen LogP contribution >= 0.6 is 12.2 Å². The Bertz CT molecular complexity index is 526. The summed E-state index contributed by atoms with van der Waals surface area (Å²) >= 11 is 5.18. The summed E-state index contributed by atoms with van der Waals surface area (Å²) in [5.74, 6) is 1.54. The van der Waals surface area contributed by atoms with Crippen LogP contribution in [0.4, 0.5) is 0 Å². The van der Waals surface area contributed by atoms with Crippen LogP contribution in [-0.2, 0) is 4.74 Å². The number of hydrogen-bond acceptors (Lipinski definition) is 4. The zero-order valence-electron chi connectivity index (χ0n) is 14.5. The first-order valence-electron chi connectivity index (χ1n) is 8.55. The molecule has 132 valence electrons. The lowest BCUT2D eigenvalue weighted by atomic mass is 10.1. The maximum absolute atomic E-state index is 5.69. The Kier molecular flexibility index (Phi) is 7.98. The third kappa shape index (κ3) is 7.27. The van der Waals surface area contributed by atoms with Crippen LogP contribution in [0.3, 0.4) is 0 Å². The van der Waals surface area contributed by atoms with Gasteiger partial charge >= 0.3 is 0 Å². The molecule has 1 atom stereocenters. The summed E-state index contributed by atoms with van der Waals surface area (Å²) in [6.45, 7) is 6.70. The maximum Gasteiger partial charge on any atom is 0.187 e. The first-order chi connectivity index (χ1) is 11.6. The van der Waals surface area contributed by atoms with Crippen molar-refractivity contribution in [2.75, 3.05) is 19.8 Å². The minimum Gasteiger partial charge on any atom is -0.494 e. The van der Waals surface area contributed by atoms with Crippen molar-refractivity contribution in [1.29, 1.82) is 0 Å². The normalized spacial score (nSPS) is 17.4. The summed E-state index contributed by atoms with van der Waals surface area (Å²) in [5.41, 5.74) is 3.81. The van der Waals surface area contributed by atoms with Gasteiger partial charge < -0.3 is 14.8 Å². The van der Waals surface area contributed by atoms with Crippen molar-refractivity contribution in [3.63, 3.8) is 0 Å². The predicted molar refractivity (Wildman–Crippen MR) is 102 cm³/mol. The Morgan fingerprint density at radius 2 is 2.21 bits per heavy atom. The lowest BCUT2D eigenvalue weighted by Crippen LogP contribution is -2.37. The molecule has 5 nitrogen and oxygen atoms in total. The second-order valence-electron chi connectivity index (χ2n) is 6.32. The topological polar surface area (TPSA) is 54.9 Å². The monoisotopic (exact) mass is 349 g/mol. The molecule has 6 heteroatoms. The van der Waals surface area contributed by atoms with E-state index >= 15 is 0 Å². The Hall–Kier alpha value is -1.66. The van der Waals surface area contributed by atoms with Crippen LogP contribution in [-0.4, -0.2) is 37.2 Å². The van der Waals surface area contributed by atoms with E-state index in [1.54, 1.807) is 6.21 Å². The van der Waals surface area contributed by atoms with Crippen molar-refractivity contribution < 1.29 is 9.47 Å². The molecule has 0 aromatic heterocycles. The fraction of sp³-hybridized carbons (Fsp3) is 0.556. The molecule has 0 saturated carbocycles. The molecule has 0 aliphatic carbocycles. The Morgan fingerprint density at radius 3 is 2.88 bits per heavy atom. The molecule has 1 aromatic rings. The number of hydrazone groups is 1. The fourth-order valence-electron chi connectivity index (χ4n) is 2.28. The molecule has 0 amide bonds. The molecule has 0 bridgehead atoms. The number of rotatable bonds is 8. The second-order valence-corrected chi connectivity index (χ2v) is 6.72. The summed E-state index contributed by atoms with van der Waals surface area (Å²) in [6, 6.07) is 7.85. The minimum absolute atomic E-state index is 0.261. The van der Waals surface area contributed by atoms with Gasteiger partial charge in [0, 0.05) is 13.2 Å². The number of thiocarbonyl (C=S) groups is 1. The van der Waals surface area contributed by atoms with Crippen molar-refractivity contribution in [2.24, 2.45) is 11.0 Å². The highest BCUT2D eigenvalue weighted by molar-refractivity contribution is 7.80. The minimum atomic E-state index is 0.261. The third-order valence-electron chi connectivity index (χ3n) is 3.74. The molecular formula is C18H27N3O2S. The first-order valence-corrected chi connectivity index (χ1v) is 8.95. The van der Waals surface area contributed by atoms with E-state index < -0.39 is 0 Å². The zero-order valence-corrected chi connectivity index (χ0v) is 15.3. The van der Waals surface area contributed by atoms with E-state index in [2.05, 4.69) is 29.7 Å². The number of benzene rings is 1. The maximum atomic E-state index is 5.69. The number of ether oxygens (including phenoxy) is 2. The van der Waals surface area contributed by atoms with Crippen molar-refractivity contribution in [1.82, 2.24) is 10.7 Å². The smallest absolute Gasteiger partial charge is 0.187 e. The van der Waals surface area contributed by atoms with E-state index in [1.165, 1.54) is 0 Å². The molecule has 1 fully saturated rings. The van der Waals surface area contributed by atoms with Gasteiger partial charge in [-0.2, -0.15) is 5.10 Å². The van der Waals surface area contributed by atoms with Gasteiger partial charge in [0.05, 0.1) is 18.9 Å². The van der Waals surface area contributed by atoms with E-state index in [0.717, 1.165) is 50.3 Å². The molecule has 1 saturated heterocycles. The largest absolute Gasteiger partial charge is 0.494 e. The molecule has 0 unspecified atom stereocenters. The van der Waals surface area contributed by atoms with Crippen molar-refractivity contribution in [3.8, 4) is 5.75 Å². The molecule has 2 rings (SSSR count). The summed E-state index contributed by atoms with van der Waals surface area (Å²) < 4.78 is 11.2. The lowest BCUT2D eigenvalue weighted by Gasteiger charge is -2.11. The molecule has 1 aliphatic rings. The lowest BCUT2D eigenvalue weighted by molar-refractivity contribution is 0.114. The Morgan fingerprint density at radius 1 is 1.42 bits per heavy atom. The van der Waals surface area contributed by atoms with Crippen molar-refractivity contribution in [3.05, 3.63) is 29.8 Å². The number of nitrogens with one attached hydrogen (secondary N) is 2. The summed E-state index contributed by atoms with van der Waals surface area (Å²) in [6.07, 6.45) is 5.27. The van der Waals surface area contributed by atoms with E-state index in [0.29, 0.717) is 11.0 Å². The molecule has 1 heterocycles. The van der Waals surface area contributed by atoms with Crippen LogP contribution < -0.4 is 15.5 Å². The summed E-state index contributed by atoms with van der Waals surface area (Å²) in [5, 5.41) is 7.76. The molecule has 0 spiro atoms. The third-order valence-corrected chi connectivity index (χ3v) is 3.97. The number of hydrogen-bond donors (Lipinski definition) is 2. The predicted octanol–water partition coefficient (Wildman–Crippen LogP) is 3.09. The van der Waals surface area contributed by atoms with Gasteiger partial charge in [0.25, 0.3) is 0 Å². The van der Waals surface area contributed by atoms with Gasteiger partial charge in [0.15, 0.2) is 5.11 Å². The molecule has 1 aliphatic heterocycles. The molecular weight excluding hydrogens is 322 g/mol. The van der Waals surface area contributed by atoms with Crippen molar-refractivity contribution in [2.45, 2.75) is 39.2 Å². The number of nitrogens with zero attached hydrogens (tertiary/aromatic N) is 1. The highest BCUT2D eigenvalue weighted by atomic mass is 32.1. The van der Waals surface area contributed by atoms with Gasteiger partial charge in [-0.3, -0.25) is 5.43 Å². The summed E-state index contributed by atoms with van der Waals surface area (Å²) in [4.78, 5) is 0. The highest BCUT2D eigenvalue weighted by Crippen LogP contribution is 2.12. The second kappa shape index (κ2) is 10.3. The molecule has 1 aromatic carbocycles. The Balaban J connectivity index is 1.66. The SMILES string of the molecule is CC(C)CCOc1ccc(/C=N\NC(=S)NC[C@H]2CCCO2)cc1. The van der Waals surface area contributed by atoms with Crippen LogP contribution in [0.2, 0.25) is 0 Å². The average Bonchev–Trinajstić information content (AvgIpc) is 3.07. The standard InChI is InChI=1S/C18H27N3O2S/c1-14(2)9-11-23-16-7-5-15(6-8-16)12-20-21-18(24)19-13-17-4-3-10-22-17/h5-8,12,14,17H,3-4,9-11,13H2,1-2H3,(H2,19,21,24)/b20-12-/t17-/m1/s1. The van der Waals surface area contributed by atoms with Gasteiger partial charge in [0.2, 0.25) is 0 Å². The highest BCUT2D eigenvalue weighted by Gasteiger charge is 2.14. The van der Waals surface area contributed by atoms with Crippen LogP contribution in [0.25, 0.3) is 0 Å². The van der Waals surface area contributed by atoms with Gasteiger partial charge in [-0.1, -0.05) is 13.8 Å². The van der Waals surface area contributed by atoms with Gasteiger partial charge in [-0.25, -0.2) is 0 Å². The zero-order chi connectivity index (χ0) is 17.2. The molecule has 2 N–H and O–H groups in total. The first kappa shape index (κ1) is 18.7. The van der Waals surface area contributed by atoms with Crippen LogP contribution in [0.1, 0.15) is 38.7 Å².